The lowest BCUT2D eigenvalue weighted by atomic mass is 10.0. The first kappa shape index (κ1) is 14.4. The van der Waals surface area contributed by atoms with Crippen LogP contribution < -0.4 is 10.5 Å². The molecule has 0 saturated carbocycles. The molecule has 0 saturated heterocycles. The van der Waals surface area contributed by atoms with Crippen molar-refractivity contribution in [2.75, 3.05) is 6.54 Å². The summed E-state index contributed by atoms with van der Waals surface area (Å²) in [5.74, 6) is -0.199. The van der Waals surface area contributed by atoms with Gasteiger partial charge in [0.1, 0.15) is 5.75 Å². The molecule has 0 aliphatic rings. The van der Waals surface area contributed by atoms with Crippen molar-refractivity contribution in [2.24, 2.45) is 5.73 Å². The van der Waals surface area contributed by atoms with Gasteiger partial charge < -0.3 is 10.5 Å². The van der Waals surface area contributed by atoms with Crippen LogP contribution in [-0.2, 0) is 6.42 Å². The third-order valence-electron chi connectivity index (χ3n) is 2.79. The molecule has 0 aromatic heterocycles. The normalized spacial score (nSPS) is 11.4. The molecule has 0 heterocycles. The molecule has 2 rings (SSSR count). The molecule has 2 aromatic carbocycles. The van der Waals surface area contributed by atoms with Crippen molar-refractivity contribution >= 4 is 0 Å². The van der Waals surface area contributed by atoms with Crippen LogP contribution in [0.25, 0.3) is 11.1 Å². The predicted octanol–water partition coefficient (Wildman–Crippen LogP) is 3.75. The number of halogens is 3. The highest BCUT2D eigenvalue weighted by Gasteiger charge is 2.32. The Hall–Kier alpha value is -2.01. The SMILES string of the molecule is NCCc1ccc(-c2ccccc2)c(OC(F)(F)F)c1. The third kappa shape index (κ3) is 3.74. The molecule has 0 amide bonds. The topological polar surface area (TPSA) is 35.2 Å². The molecule has 0 fully saturated rings. The van der Waals surface area contributed by atoms with E-state index in [2.05, 4.69) is 4.74 Å². The van der Waals surface area contributed by atoms with Gasteiger partial charge >= 0.3 is 6.36 Å². The minimum Gasteiger partial charge on any atom is -0.405 e. The quantitative estimate of drug-likeness (QED) is 0.926. The first-order valence-electron chi connectivity index (χ1n) is 6.14. The molecule has 0 atom stereocenters. The van der Waals surface area contributed by atoms with Crippen LogP contribution in [0, 0.1) is 0 Å². The fourth-order valence-corrected chi connectivity index (χ4v) is 1.95. The molecule has 5 heteroatoms. The van der Waals surface area contributed by atoms with E-state index < -0.39 is 6.36 Å². The summed E-state index contributed by atoms with van der Waals surface area (Å²) in [6.07, 6.45) is -4.21. The molecule has 0 bridgehead atoms. The summed E-state index contributed by atoms with van der Waals surface area (Å²) in [4.78, 5) is 0. The second-order valence-corrected chi connectivity index (χ2v) is 4.28. The van der Waals surface area contributed by atoms with Crippen LogP contribution in [0.3, 0.4) is 0 Å². The van der Waals surface area contributed by atoms with E-state index in [4.69, 9.17) is 5.73 Å². The number of rotatable bonds is 4. The van der Waals surface area contributed by atoms with Gasteiger partial charge in [0, 0.05) is 5.56 Å². The van der Waals surface area contributed by atoms with Gasteiger partial charge in [-0.15, -0.1) is 13.2 Å². The van der Waals surface area contributed by atoms with E-state index in [1.807, 2.05) is 0 Å². The summed E-state index contributed by atoms with van der Waals surface area (Å²) >= 11 is 0. The monoisotopic (exact) mass is 281 g/mol. The Morgan fingerprint density at radius 1 is 1.00 bits per heavy atom. The van der Waals surface area contributed by atoms with Crippen molar-refractivity contribution < 1.29 is 17.9 Å². The first-order valence-corrected chi connectivity index (χ1v) is 6.14. The van der Waals surface area contributed by atoms with Crippen molar-refractivity contribution in [1.29, 1.82) is 0 Å². The van der Waals surface area contributed by atoms with Gasteiger partial charge in [-0.05, 0) is 30.2 Å². The fraction of sp³-hybridized carbons (Fsp3) is 0.200. The van der Waals surface area contributed by atoms with Gasteiger partial charge in [0.25, 0.3) is 0 Å². The van der Waals surface area contributed by atoms with E-state index in [0.717, 1.165) is 0 Å². The Morgan fingerprint density at radius 3 is 2.30 bits per heavy atom. The number of hydrogen-bond donors (Lipinski definition) is 1. The molecule has 0 spiro atoms. The summed E-state index contributed by atoms with van der Waals surface area (Å²) in [5.41, 5.74) is 7.22. The number of nitrogens with two attached hydrogens (primary N) is 1. The minimum atomic E-state index is -4.72. The van der Waals surface area contributed by atoms with Crippen LogP contribution in [-0.4, -0.2) is 12.9 Å². The van der Waals surface area contributed by atoms with Gasteiger partial charge in [-0.2, -0.15) is 0 Å². The molecule has 2 N–H and O–H groups in total. The summed E-state index contributed by atoms with van der Waals surface area (Å²) < 4.78 is 41.7. The molecule has 0 aliphatic carbocycles. The van der Waals surface area contributed by atoms with E-state index >= 15 is 0 Å². The van der Waals surface area contributed by atoms with Crippen LogP contribution in [0.1, 0.15) is 5.56 Å². The van der Waals surface area contributed by atoms with Gasteiger partial charge in [0.05, 0.1) is 0 Å². The Balaban J connectivity index is 2.45. The Labute approximate surface area is 115 Å². The lowest BCUT2D eigenvalue weighted by Gasteiger charge is -2.15. The van der Waals surface area contributed by atoms with Gasteiger partial charge in [0.15, 0.2) is 0 Å². The summed E-state index contributed by atoms with van der Waals surface area (Å²) in [6.45, 7) is 0.371. The van der Waals surface area contributed by atoms with Gasteiger partial charge in [-0.25, -0.2) is 0 Å². The van der Waals surface area contributed by atoms with Crippen LogP contribution in [0.5, 0.6) is 5.75 Å². The number of hydrogen-bond acceptors (Lipinski definition) is 2. The summed E-state index contributed by atoms with van der Waals surface area (Å²) in [6, 6.07) is 13.6. The second kappa shape index (κ2) is 5.96. The fourth-order valence-electron chi connectivity index (χ4n) is 1.95. The third-order valence-corrected chi connectivity index (χ3v) is 2.79. The maximum atomic E-state index is 12.5. The average molecular weight is 281 g/mol. The second-order valence-electron chi connectivity index (χ2n) is 4.28. The number of ether oxygens (including phenoxy) is 1. The summed E-state index contributed by atoms with van der Waals surface area (Å²) in [7, 11) is 0. The van der Waals surface area contributed by atoms with Crippen LogP contribution in [0.4, 0.5) is 13.2 Å². The van der Waals surface area contributed by atoms with E-state index in [1.165, 1.54) is 6.07 Å². The Bertz CT molecular complexity index is 567. The molecule has 20 heavy (non-hydrogen) atoms. The highest BCUT2D eigenvalue weighted by atomic mass is 19.4. The van der Waals surface area contributed by atoms with Crippen molar-refractivity contribution in [3.63, 3.8) is 0 Å². The highest BCUT2D eigenvalue weighted by molar-refractivity contribution is 5.70. The molecule has 106 valence electrons. The van der Waals surface area contributed by atoms with Crippen LogP contribution in [0.2, 0.25) is 0 Å². The van der Waals surface area contributed by atoms with E-state index in [9.17, 15) is 13.2 Å². The largest absolute Gasteiger partial charge is 0.573 e. The van der Waals surface area contributed by atoms with Crippen LogP contribution in [0.15, 0.2) is 48.5 Å². The van der Waals surface area contributed by atoms with E-state index in [1.54, 1.807) is 42.5 Å². The molecule has 2 aromatic rings. The minimum absolute atomic E-state index is 0.199. The zero-order valence-corrected chi connectivity index (χ0v) is 10.7. The van der Waals surface area contributed by atoms with Gasteiger partial charge in [0.2, 0.25) is 0 Å². The maximum absolute atomic E-state index is 12.5. The van der Waals surface area contributed by atoms with Gasteiger partial charge in [-0.3, -0.25) is 0 Å². The molecular weight excluding hydrogens is 267 g/mol. The molecular formula is C15H14F3NO. The van der Waals surface area contributed by atoms with Crippen molar-refractivity contribution in [3.8, 4) is 16.9 Å². The number of alkyl halides is 3. The summed E-state index contributed by atoms with van der Waals surface area (Å²) in [5, 5.41) is 0. The molecule has 0 aliphatic heterocycles. The van der Waals surface area contributed by atoms with Crippen LogP contribution >= 0.6 is 0 Å². The zero-order chi connectivity index (χ0) is 14.6. The molecule has 0 radical (unpaired) electrons. The smallest absolute Gasteiger partial charge is 0.405 e. The van der Waals surface area contributed by atoms with E-state index in [0.29, 0.717) is 29.7 Å². The Morgan fingerprint density at radius 2 is 1.70 bits per heavy atom. The Kier molecular flexibility index (Phi) is 4.29. The maximum Gasteiger partial charge on any atom is 0.573 e. The first-order chi connectivity index (χ1) is 9.49. The highest BCUT2D eigenvalue weighted by Crippen LogP contribution is 2.34. The molecule has 0 unspecified atom stereocenters. The lowest BCUT2D eigenvalue weighted by molar-refractivity contribution is -0.274. The predicted molar refractivity (Wildman–Crippen MR) is 71.3 cm³/mol. The lowest BCUT2D eigenvalue weighted by Crippen LogP contribution is -2.18. The number of benzene rings is 2. The van der Waals surface area contributed by atoms with Crippen molar-refractivity contribution in [1.82, 2.24) is 0 Å². The molecule has 2 nitrogen and oxygen atoms in total. The van der Waals surface area contributed by atoms with Crippen molar-refractivity contribution in [3.05, 3.63) is 54.1 Å². The zero-order valence-electron chi connectivity index (χ0n) is 10.7. The van der Waals surface area contributed by atoms with E-state index in [-0.39, 0.29) is 5.75 Å². The average Bonchev–Trinajstić information content (AvgIpc) is 2.38. The van der Waals surface area contributed by atoms with Gasteiger partial charge in [-0.1, -0.05) is 42.5 Å². The van der Waals surface area contributed by atoms with Crippen molar-refractivity contribution in [2.45, 2.75) is 12.8 Å². The standard InChI is InChI=1S/C15H14F3NO/c16-15(17,18)20-14-10-11(8-9-19)6-7-13(14)12-4-2-1-3-5-12/h1-7,10H,8-9,19H2.